The van der Waals surface area contributed by atoms with Gasteiger partial charge in [-0.2, -0.15) is 9.27 Å². The molecule has 0 aliphatic heterocycles. The largest absolute Gasteiger partial charge is 0.507 e. The van der Waals surface area contributed by atoms with E-state index in [1.165, 1.54) is 18.2 Å². The van der Waals surface area contributed by atoms with Crippen molar-refractivity contribution < 1.29 is 28.5 Å². The lowest BCUT2D eigenvalue weighted by Gasteiger charge is -2.08. The van der Waals surface area contributed by atoms with Gasteiger partial charge >= 0.3 is 16.4 Å². The fraction of sp³-hybridized carbons (Fsp3) is 0.105. The highest BCUT2D eigenvalue weighted by Crippen LogP contribution is 2.39. The van der Waals surface area contributed by atoms with Gasteiger partial charge < -0.3 is 14.9 Å². The molecular formula is C19H17ClNO6S2+. The molecule has 4 N–H and O–H groups in total. The highest BCUT2D eigenvalue weighted by molar-refractivity contribution is 8.00. The van der Waals surface area contributed by atoms with E-state index >= 15 is 0 Å². The fourth-order valence-corrected chi connectivity index (χ4v) is 5.33. The number of aromatic hydroxyl groups is 1. The maximum absolute atomic E-state index is 12.8. The first-order valence-corrected chi connectivity index (χ1v) is 11.0. The minimum absolute atomic E-state index is 0.118. The predicted octanol–water partition coefficient (Wildman–Crippen LogP) is 4.28. The van der Waals surface area contributed by atoms with E-state index in [4.69, 9.17) is 21.4 Å². The van der Waals surface area contributed by atoms with Crippen molar-refractivity contribution in [3.05, 3.63) is 64.5 Å². The van der Waals surface area contributed by atoms with Crippen LogP contribution in [0.25, 0.3) is 11.1 Å². The smallest absolute Gasteiger partial charge is 0.356 e. The van der Waals surface area contributed by atoms with Gasteiger partial charge in [0.05, 0.1) is 12.3 Å². The van der Waals surface area contributed by atoms with Crippen LogP contribution in [0, 0.1) is 0 Å². The van der Waals surface area contributed by atoms with Crippen LogP contribution in [0.5, 0.6) is 5.75 Å². The molecule has 152 valence electrons. The molecule has 3 aromatic rings. The molecule has 7 nitrogen and oxygen atoms in total. The van der Waals surface area contributed by atoms with Crippen molar-refractivity contribution in [2.45, 2.75) is 4.21 Å². The Bertz CT molecular complexity index is 1070. The van der Waals surface area contributed by atoms with Gasteiger partial charge in [-0.3, -0.25) is 0 Å². The third-order valence-electron chi connectivity index (χ3n) is 3.82. The summed E-state index contributed by atoms with van der Waals surface area (Å²) in [6.07, 6.45) is 0. The average Bonchev–Trinajstić information content (AvgIpc) is 3.09. The lowest BCUT2D eigenvalue weighted by atomic mass is 10.1. The Morgan fingerprint density at radius 2 is 1.90 bits per heavy atom. The number of hydrogen-bond acceptors (Lipinski definition) is 6. The van der Waals surface area contributed by atoms with Crippen LogP contribution in [-0.2, 0) is 19.3 Å². The predicted molar refractivity (Wildman–Crippen MR) is 113 cm³/mol. The number of hydrogen-bond donors (Lipinski definition) is 4. The molecule has 1 atom stereocenters. The number of anilines is 1. The van der Waals surface area contributed by atoms with Gasteiger partial charge in [0.1, 0.15) is 22.3 Å². The quantitative estimate of drug-likeness (QED) is 0.313. The Morgan fingerprint density at radius 3 is 2.55 bits per heavy atom. The number of phenols is 1. The molecular weight excluding hydrogens is 438 g/mol. The Balaban J connectivity index is 1.82. The minimum atomic E-state index is -3.71. The van der Waals surface area contributed by atoms with Gasteiger partial charge in [0, 0.05) is 17.7 Å². The Hall–Kier alpha value is -2.43. The second-order valence-electron chi connectivity index (χ2n) is 5.84. The molecule has 2 aromatic carbocycles. The monoisotopic (exact) mass is 454 g/mol. The summed E-state index contributed by atoms with van der Waals surface area (Å²) in [5, 5.41) is 18.7. The van der Waals surface area contributed by atoms with Gasteiger partial charge in [-0.05, 0) is 21.9 Å². The molecule has 0 spiro atoms. The molecule has 29 heavy (non-hydrogen) atoms. The lowest BCUT2D eigenvalue weighted by molar-refractivity contribution is 0.0430. The second kappa shape index (κ2) is 8.93. The number of aliphatic hydroxyl groups is 1. The molecule has 0 radical (unpaired) electrons. The number of carbonyl (C=O) groups excluding carboxylic acids is 1. The molecule has 1 heterocycles. The summed E-state index contributed by atoms with van der Waals surface area (Å²) in [7, 11) is -3.71. The van der Waals surface area contributed by atoms with Crippen molar-refractivity contribution in [3.8, 4) is 16.9 Å². The van der Waals surface area contributed by atoms with Crippen molar-refractivity contribution in [1.29, 1.82) is 0 Å². The average molecular weight is 455 g/mol. The Labute approximate surface area is 176 Å². The zero-order valence-electron chi connectivity index (χ0n) is 14.9. The van der Waals surface area contributed by atoms with E-state index in [2.05, 4.69) is 4.72 Å². The lowest BCUT2D eigenvalue weighted by Crippen LogP contribution is -2.19. The highest BCUT2D eigenvalue weighted by Gasteiger charge is 2.34. The first kappa shape index (κ1) is 21.3. The Morgan fingerprint density at radius 1 is 1.17 bits per heavy atom. The molecule has 0 aliphatic carbocycles. The third kappa shape index (κ3) is 4.95. The van der Waals surface area contributed by atoms with E-state index in [0.717, 1.165) is 23.0 Å². The molecule has 1 unspecified atom stereocenters. The topological polar surface area (TPSA) is 116 Å². The summed E-state index contributed by atoms with van der Waals surface area (Å²) in [5.41, 5.74) is 1.46. The zero-order valence-corrected chi connectivity index (χ0v) is 17.3. The summed E-state index contributed by atoms with van der Waals surface area (Å²) in [4.78, 5) is 11.8. The second-order valence-corrected chi connectivity index (χ2v) is 9.45. The van der Waals surface area contributed by atoms with Crippen LogP contribution in [0.3, 0.4) is 0 Å². The Kier molecular flexibility index (Phi) is 6.56. The number of benzene rings is 2. The number of rotatable bonds is 7. The summed E-state index contributed by atoms with van der Waals surface area (Å²) >= 11 is 7.23. The maximum atomic E-state index is 12.8. The van der Waals surface area contributed by atoms with Gasteiger partial charge in [0.2, 0.25) is 0 Å². The van der Waals surface area contributed by atoms with E-state index in [1.807, 2.05) is 30.3 Å². The van der Waals surface area contributed by atoms with Crippen molar-refractivity contribution in [2.24, 2.45) is 0 Å². The van der Waals surface area contributed by atoms with E-state index in [9.17, 15) is 18.7 Å². The minimum Gasteiger partial charge on any atom is -0.507 e. The highest BCUT2D eigenvalue weighted by atomic mass is 35.5. The third-order valence-corrected chi connectivity index (χ3v) is 7.08. The van der Waals surface area contributed by atoms with Crippen LogP contribution in [0.4, 0.5) is 5.69 Å². The summed E-state index contributed by atoms with van der Waals surface area (Å²) in [6, 6.07) is 14.5. The molecule has 0 bridgehead atoms. The molecule has 0 fully saturated rings. The van der Waals surface area contributed by atoms with Crippen LogP contribution in [0.1, 0.15) is 10.4 Å². The van der Waals surface area contributed by atoms with Crippen molar-refractivity contribution in [2.75, 3.05) is 17.9 Å². The normalized spacial score (nSPS) is 12.9. The van der Waals surface area contributed by atoms with E-state index in [1.54, 1.807) is 0 Å². The van der Waals surface area contributed by atoms with E-state index < -0.39 is 22.1 Å². The number of carbonyl (C=O) groups is 1. The van der Waals surface area contributed by atoms with Crippen LogP contribution in [0.2, 0.25) is 4.34 Å². The van der Waals surface area contributed by atoms with Crippen LogP contribution >= 0.6 is 22.9 Å². The van der Waals surface area contributed by atoms with Gasteiger partial charge in [-0.1, -0.05) is 53.3 Å². The van der Waals surface area contributed by atoms with Gasteiger partial charge in [0.15, 0.2) is 0 Å². The summed E-state index contributed by atoms with van der Waals surface area (Å²) < 4.78 is 31.0. The summed E-state index contributed by atoms with van der Waals surface area (Å²) in [5.74, 6) is -1.24. The first-order valence-electron chi connectivity index (χ1n) is 8.32. The summed E-state index contributed by atoms with van der Waals surface area (Å²) in [6.45, 7) is -0.543. The van der Waals surface area contributed by atoms with Gasteiger partial charge in [-0.25, -0.2) is 4.79 Å². The molecule has 1 aromatic heterocycles. The SMILES string of the molecule is O=C(OCCO)c1ccc(N[S+](=O)(O)c2cc(-c3ccccc3)c(Cl)s2)cc1O. The number of halogens is 1. The number of nitrogens with one attached hydrogen (secondary N) is 1. The van der Waals surface area contributed by atoms with E-state index in [-0.39, 0.29) is 28.7 Å². The molecule has 3 rings (SSSR count). The number of aliphatic hydroxyl groups excluding tert-OH is 1. The molecule has 0 saturated heterocycles. The molecule has 10 heteroatoms. The van der Waals surface area contributed by atoms with Crippen molar-refractivity contribution in [3.63, 3.8) is 0 Å². The maximum Gasteiger partial charge on any atom is 0.356 e. The number of thiophene rings is 1. The molecule has 0 saturated carbocycles. The molecule has 0 amide bonds. The number of phenolic OH excluding ortho intramolecular Hbond substituents is 1. The van der Waals surface area contributed by atoms with Crippen LogP contribution < -0.4 is 4.72 Å². The fourth-order valence-electron chi connectivity index (χ4n) is 2.49. The van der Waals surface area contributed by atoms with Crippen molar-refractivity contribution >= 4 is 45.0 Å². The van der Waals surface area contributed by atoms with Gasteiger partial charge in [0.25, 0.3) is 4.21 Å². The zero-order chi connectivity index (χ0) is 21.0. The van der Waals surface area contributed by atoms with Gasteiger partial charge in [-0.15, -0.1) is 0 Å². The van der Waals surface area contributed by atoms with Crippen LogP contribution in [0.15, 0.2) is 58.8 Å². The number of ether oxygens (including phenoxy) is 1. The van der Waals surface area contributed by atoms with Crippen molar-refractivity contribution in [1.82, 2.24) is 0 Å². The number of esters is 1. The molecule has 0 aliphatic rings. The first-order chi connectivity index (χ1) is 13.8. The van der Waals surface area contributed by atoms with E-state index in [0.29, 0.717) is 9.90 Å². The van der Waals surface area contributed by atoms with Crippen LogP contribution in [-0.4, -0.2) is 33.9 Å². The standard InChI is InChI=1S/C19H16ClNO6S2/c20-18-15(12-4-2-1-3-5-12)11-17(28-18)29(25,26)21-13-6-7-14(16(23)10-13)19(24)27-9-8-22/h1-7,10-11,22H,8-9H2,(H2-,21,23,24,25,26)/p+1.